The van der Waals surface area contributed by atoms with Gasteiger partial charge in [0.25, 0.3) is 5.91 Å². The van der Waals surface area contributed by atoms with E-state index in [0.717, 1.165) is 5.56 Å². The van der Waals surface area contributed by atoms with Crippen molar-refractivity contribution in [2.75, 3.05) is 14.2 Å². The molecule has 0 saturated heterocycles. The van der Waals surface area contributed by atoms with E-state index in [0.29, 0.717) is 17.9 Å². The monoisotopic (exact) mass is 307 g/mol. The number of ether oxygens (including phenoxy) is 2. The first-order valence-corrected chi connectivity index (χ1v) is 6.81. The predicted molar refractivity (Wildman–Crippen MR) is 82.6 cm³/mol. The Hall–Kier alpha value is -2.50. The van der Waals surface area contributed by atoms with Gasteiger partial charge in [-0.15, -0.1) is 6.58 Å². The average molecular weight is 307 g/mol. The number of allylic oxidation sites excluding steroid dienone is 1. The predicted octanol–water partition coefficient (Wildman–Crippen LogP) is 2.16. The number of nitrogens with one attached hydrogen (secondary N) is 1. The van der Waals surface area contributed by atoms with Gasteiger partial charge in [-0.1, -0.05) is 6.08 Å². The van der Waals surface area contributed by atoms with Crippen LogP contribution in [0.4, 0.5) is 0 Å². The Kier molecular flexibility index (Phi) is 6.44. The number of carbonyl (C=O) groups excluding carboxylic acids is 1. The van der Waals surface area contributed by atoms with E-state index < -0.39 is 17.9 Å². The van der Waals surface area contributed by atoms with Crippen LogP contribution in [-0.4, -0.2) is 37.2 Å². The van der Waals surface area contributed by atoms with Gasteiger partial charge in [0, 0.05) is 11.1 Å². The number of aliphatic carboxylic acids is 1. The summed E-state index contributed by atoms with van der Waals surface area (Å²) in [6, 6.07) is 2.14. The number of hydrogen-bond donors (Lipinski definition) is 2. The second-order valence-electron chi connectivity index (χ2n) is 4.74. The van der Waals surface area contributed by atoms with Crippen LogP contribution in [0.5, 0.6) is 11.5 Å². The first kappa shape index (κ1) is 17.6. The van der Waals surface area contributed by atoms with E-state index in [-0.39, 0.29) is 12.0 Å². The van der Waals surface area contributed by atoms with Crippen LogP contribution in [0.15, 0.2) is 24.8 Å². The molecule has 1 aromatic rings. The van der Waals surface area contributed by atoms with Crippen molar-refractivity contribution in [3.8, 4) is 11.5 Å². The molecule has 120 valence electrons. The van der Waals surface area contributed by atoms with E-state index in [4.69, 9.17) is 14.6 Å². The van der Waals surface area contributed by atoms with Gasteiger partial charge in [0.2, 0.25) is 0 Å². The fourth-order valence-electron chi connectivity index (χ4n) is 2.00. The summed E-state index contributed by atoms with van der Waals surface area (Å²) in [7, 11) is 2.99. The van der Waals surface area contributed by atoms with Crippen molar-refractivity contribution >= 4 is 11.9 Å². The third kappa shape index (κ3) is 4.25. The third-order valence-corrected chi connectivity index (χ3v) is 3.28. The molecule has 1 unspecified atom stereocenters. The fourth-order valence-corrected chi connectivity index (χ4v) is 2.00. The highest BCUT2D eigenvalue weighted by Crippen LogP contribution is 2.29. The van der Waals surface area contributed by atoms with Crippen molar-refractivity contribution in [3.05, 3.63) is 35.9 Å². The zero-order valence-corrected chi connectivity index (χ0v) is 13.0. The highest BCUT2D eigenvalue weighted by Gasteiger charge is 2.21. The van der Waals surface area contributed by atoms with Crippen molar-refractivity contribution in [1.82, 2.24) is 5.32 Å². The summed E-state index contributed by atoms with van der Waals surface area (Å²) in [6.45, 7) is 5.35. The Morgan fingerprint density at radius 1 is 1.32 bits per heavy atom. The van der Waals surface area contributed by atoms with E-state index in [9.17, 15) is 9.59 Å². The van der Waals surface area contributed by atoms with Crippen LogP contribution in [0.2, 0.25) is 0 Å². The minimum Gasteiger partial charge on any atom is -0.496 e. The van der Waals surface area contributed by atoms with Crippen LogP contribution in [0.3, 0.4) is 0 Å². The van der Waals surface area contributed by atoms with Gasteiger partial charge < -0.3 is 19.9 Å². The molecule has 1 amide bonds. The quantitative estimate of drug-likeness (QED) is 0.719. The average Bonchev–Trinajstić information content (AvgIpc) is 2.50. The second kappa shape index (κ2) is 8.07. The molecule has 1 atom stereocenters. The number of carboxylic acids is 1. The van der Waals surface area contributed by atoms with Gasteiger partial charge in [0.15, 0.2) is 0 Å². The molecule has 0 bridgehead atoms. The number of carbonyl (C=O) groups is 2. The molecule has 0 aliphatic rings. The number of hydrogen-bond acceptors (Lipinski definition) is 4. The second-order valence-corrected chi connectivity index (χ2v) is 4.74. The number of benzene rings is 1. The number of rotatable bonds is 8. The summed E-state index contributed by atoms with van der Waals surface area (Å²) in [5.41, 5.74) is 1.05. The third-order valence-electron chi connectivity index (χ3n) is 3.28. The van der Waals surface area contributed by atoms with Crippen LogP contribution in [-0.2, 0) is 4.79 Å². The molecule has 2 N–H and O–H groups in total. The summed E-state index contributed by atoms with van der Waals surface area (Å²) in [5.74, 6) is -0.570. The van der Waals surface area contributed by atoms with Gasteiger partial charge in [0.05, 0.1) is 14.2 Å². The standard InChI is InChI=1S/C16H21NO5/c1-5-6-7-12(16(19)20)17-15(18)11-8-13(21-3)10(2)14(9-11)22-4/h5,8-9,12H,1,6-7H2,2-4H3,(H,17,18)(H,19,20). The molecule has 0 aliphatic carbocycles. The van der Waals surface area contributed by atoms with Gasteiger partial charge in [0.1, 0.15) is 17.5 Å². The maximum absolute atomic E-state index is 12.3. The Morgan fingerprint density at radius 3 is 2.27 bits per heavy atom. The topological polar surface area (TPSA) is 84.9 Å². The van der Waals surface area contributed by atoms with Crippen LogP contribution >= 0.6 is 0 Å². The molecule has 6 heteroatoms. The van der Waals surface area contributed by atoms with Gasteiger partial charge in [-0.2, -0.15) is 0 Å². The largest absolute Gasteiger partial charge is 0.496 e. The van der Waals surface area contributed by atoms with Crippen molar-refractivity contribution in [1.29, 1.82) is 0 Å². The molecule has 0 radical (unpaired) electrons. The summed E-state index contributed by atoms with van der Waals surface area (Å²) < 4.78 is 10.4. The minimum atomic E-state index is -1.08. The Bertz CT molecular complexity index is 543. The van der Waals surface area contributed by atoms with E-state index >= 15 is 0 Å². The molecule has 6 nitrogen and oxygen atoms in total. The Labute approximate surface area is 129 Å². The summed E-state index contributed by atoms with van der Waals surface area (Å²) in [5, 5.41) is 11.6. The first-order chi connectivity index (χ1) is 10.4. The van der Waals surface area contributed by atoms with E-state index in [1.807, 2.05) is 6.92 Å². The summed E-state index contributed by atoms with van der Waals surface area (Å²) in [4.78, 5) is 23.4. The highest BCUT2D eigenvalue weighted by atomic mass is 16.5. The van der Waals surface area contributed by atoms with Crippen molar-refractivity contribution < 1.29 is 24.2 Å². The van der Waals surface area contributed by atoms with Gasteiger partial charge in [-0.25, -0.2) is 4.79 Å². The molecule has 0 aromatic heterocycles. The van der Waals surface area contributed by atoms with Crippen LogP contribution in [0, 0.1) is 6.92 Å². The normalized spacial score (nSPS) is 11.4. The highest BCUT2D eigenvalue weighted by molar-refractivity contribution is 5.97. The zero-order chi connectivity index (χ0) is 16.7. The Morgan fingerprint density at radius 2 is 1.86 bits per heavy atom. The molecule has 0 fully saturated rings. The van der Waals surface area contributed by atoms with Gasteiger partial charge in [-0.3, -0.25) is 4.79 Å². The van der Waals surface area contributed by atoms with Crippen molar-refractivity contribution in [2.24, 2.45) is 0 Å². The van der Waals surface area contributed by atoms with Crippen molar-refractivity contribution in [2.45, 2.75) is 25.8 Å². The summed E-state index contributed by atoms with van der Waals surface area (Å²) >= 11 is 0. The van der Waals surface area contributed by atoms with Gasteiger partial charge >= 0.3 is 5.97 Å². The molecule has 0 spiro atoms. The maximum Gasteiger partial charge on any atom is 0.326 e. The molecule has 1 aromatic carbocycles. The molecule has 0 saturated carbocycles. The molecular formula is C16H21NO5. The van der Waals surface area contributed by atoms with Crippen molar-refractivity contribution in [3.63, 3.8) is 0 Å². The molecule has 22 heavy (non-hydrogen) atoms. The lowest BCUT2D eigenvalue weighted by Gasteiger charge is -2.16. The number of methoxy groups -OCH3 is 2. The SMILES string of the molecule is C=CCCC(NC(=O)c1cc(OC)c(C)c(OC)c1)C(=O)O. The van der Waals surface area contributed by atoms with Crippen LogP contribution in [0.1, 0.15) is 28.8 Å². The first-order valence-electron chi connectivity index (χ1n) is 6.81. The number of carboxylic acid groups (broad SMARTS) is 1. The smallest absolute Gasteiger partial charge is 0.326 e. The Balaban J connectivity index is 3.01. The number of amides is 1. The zero-order valence-electron chi connectivity index (χ0n) is 13.0. The van der Waals surface area contributed by atoms with Crippen LogP contribution in [0.25, 0.3) is 0 Å². The minimum absolute atomic E-state index is 0.282. The summed E-state index contributed by atoms with van der Waals surface area (Å²) in [6.07, 6.45) is 2.39. The molecule has 0 heterocycles. The van der Waals surface area contributed by atoms with E-state index in [2.05, 4.69) is 11.9 Å². The molecule has 0 aliphatic heterocycles. The lowest BCUT2D eigenvalue weighted by molar-refractivity contribution is -0.139. The van der Waals surface area contributed by atoms with E-state index in [1.165, 1.54) is 14.2 Å². The maximum atomic E-state index is 12.3. The molecular weight excluding hydrogens is 286 g/mol. The lowest BCUT2D eigenvalue weighted by Crippen LogP contribution is -2.40. The van der Waals surface area contributed by atoms with E-state index in [1.54, 1.807) is 18.2 Å². The van der Waals surface area contributed by atoms with Crippen LogP contribution < -0.4 is 14.8 Å². The van der Waals surface area contributed by atoms with Gasteiger partial charge in [-0.05, 0) is 31.9 Å². The molecule has 1 rings (SSSR count). The lowest BCUT2D eigenvalue weighted by atomic mass is 10.1. The fraction of sp³-hybridized carbons (Fsp3) is 0.375.